The van der Waals surface area contributed by atoms with E-state index >= 15 is 0 Å². The van der Waals surface area contributed by atoms with Crippen molar-refractivity contribution in [2.45, 2.75) is 19.4 Å². The van der Waals surface area contributed by atoms with Crippen LogP contribution in [0.4, 0.5) is 0 Å². The summed E-state index contributed by atoms with van der Waals surface area (Å²) in [7, 11) is 0. The normalized spacial score (nSPS) is 12.4. The number of benzene rings is 1. The Morgan fingerprint density at radius 1 is 1.50 bits per heavy atom. The summed E-state index contributed by atoms with van der Waals surface area (Å²) in [4.78, 5) is 10.3. The molecule has 0 saturated heterocycles. The molecule has 1 aromatic rings. The van der Waals surface area contributed by atoms with Gasteiger partial charge < -0.3 is 15.3 Å². The summed E-state index contributed by atoms with van der Waals surface area (Å²) in [6.45, 7) is 1.72. The van der Waals surface area contributed by atoms with Gasteiger partial charge in [0, 0.05) is 0 Å². The highest BCUT2D eigenvalue weighted by Crippen LogP contribution is 2.23. The maximum Gasteiger partial charge on any atom is 0.306 e. The third-order valence-corrected chi connectivity index (χ3v) is 1.99. The van der Waals surface area contributed by atoms with Gasteiger partial charge in [-0.1, -0.05) is 12.1 Å². The maximum atomic E-state index is 10.3. The molecule has 4 heteroatoms. The summed E-state index contributed by atoms with van der Waals surface area (Å²) in [5.74, 6) is -1.01. The standard InChI is InChI=1S/C10H12O4/c1-6-2-3-7(4-8(6)11)9(12)5-10(13)14/h2-4,9,11-12H,5H2,1H3,(H,13,14)/t9-/m0/s1. The van der Waals surface area contributed by atoms with Crippen LogP contribution in [0.1, 0.15) is 23.7 Å². The van der Waals surface area contributed by atoms with E-state index in [4.69, 9.17) is 5.11 Å². The molecule has 0 saturated carbocycles. The van der Waals surface area contributed by atoms with Crippen LogP contribution in [0.2, 0.25) is 0 Å². The molecular formula is C10H12O4. The van der Waals surface area contributed by atoms with Crippen molar-refractivity contribution in [2.24, 2.45) is 0 Å². The number of aliphatic hydroxyl groups is 1. The quantitative estimate of drug-likeness (QED) is 0.679. The Balaban J connectivity index is 2.85. The fourth-order valence-corrected chi connectivity index (χ4v) is 1.12. The van der Waals surface area contributed by atoms with Crippen molar-refractivity contribution in [2.75, 3.05) is 0 Å². The molecule has 1 atom stereocenters. The second kappa shape index (κ2) is 4.11. The summed E-state index contributed by atoms with van der Waals surface area (Å²) in [5, 5.41) is 27.2. The van der Waals surface area contributed by atoms with Gasteiger partial charge in [0.05, 0.1) is 12.5 Å². The molecule has 0 bridgehead atoms. The van der Waals surface area contributed by atoms with E-state index in [9.17, 15) is 15.0 Å². The number of hydrogen-bond acceptors (Lipinski definition) is 3. The minimum absolute atomic E-state index is 0.0620. The molecule has 3 N–H and O–H groups in total. The second-order valence-electron chi connectivity index (χ2n) is 3.16. The van der Waals surface area contributed by atoms with Gasteiger partial charge in [0.25, 0.3) is 0 Å². The lowest BCUT2D eigenvalue weighted by Gasteiger charge is -2.09. The van der Waals surface area contributed by atoms with Gasteiger partial charge in [-0.25, -0.2) is 0 Å². The van der Waals surface area contributed by atoms with E-state index in [1.54, 1.807) is 19.1 Å². The number of hydrogen-bond donors (Lipinski definition) is 3. The average molecular weight is 196 g/mol. The summed E-state index contributed by atoms with van der Waals surface area (Å²) >= 11 is 0. The fourth-order valence-electron chi connectivity index (χ4n) is 1.12. The lowest BCUT2D eigenvalue weighted by atomic mass is 10.0. The molecule has 0 heterocycles. The summed E-state index contributed by atoms with van der Waals surface area (Å²) < 4.78 is 0. The smallest absolute Gasteiger partial charge is 0.306 e. The second-order valence-corrected chi connectivity index (χ2v) is 3.16. The number of phenols is 1. The fraction of sp³-hybridized carbons (Fsp3) is 0.300. The van der Waals surface area contributed by atoms with E-state index in [1.807, 2.05) is 0 Å². The first-order valence-electron chi connectivity index (χ1n) is 4.20. The van der Waals surface area contributed by atoms with Crippen molar-refractivity contribution >= 4 is 5.97 Å². The van der Waals surface area contributed by atoms with E-state index in [2.05, 4.69) is 0 Å². The van der Waals surface area contributed by atoms with E-state index in [-0.39, 0.29) is 12.2 Å². The molecule has 76 valence electrons. The molecule has 14 heavy (non-hydrogen) atoms. The van der Waals surface area contributed by atoms with E-state index < -0.39 is 12.1 Å². The predicted molar refractivity (Wildman–Crippen MR) is 50.1 cm³/mol. The van der Waals surface area contributed by atoms with Gasteiger partial charge >= 0.3 is 5.97 Å². The van der Waals surface area contributed by atoms with Crippen LogP contribution >= 0.6 is 0 Å². The minimum Gasteiger partial charge on any atom is -0.508 e. The minimum atomic E-state index is -1.07. The number of aryl methyl sites for hydroxylation is 1. The van der Waals surface area contributed by atoms with Gasteiger partial charge in [0.2, 0.25) is 0 Å². The van der Waals surface area contributed by atoms with Crippen LogP contribution < -0.4 is 0 Å². The number of phenolic OH excluding ortho intramolecular Hbond substituents is 1. The van der Waals surface area contributed by atoms with Gasteiger partial charge in [-0.3, -0.25) is 4.79 Å². The lowest BCUT2D eigenvalue weighted by molar-refractivity contribution is -0.139. The summed E-state index contributed by atoms with van der Waals surface area (Å²) in [6.07, 6.45) is -1.43. The molecule has 0 fully saturated rings. The molecule has 0 radical (unpaired) electrons. The molecule has 0 aromatic heterocycles. The largest absolute Gasteiger partial charge is 0.508 e. The van der Waals surface area contributed by atoms with Crippen molar-refractivity contribution < 1.29 is 20.1 Å². The predicted octanol–water partition coefficient (Wildman–Crippen LogP) is 1.21. The van der Waals surface area contributed by atoms with Crippen molar-refractivity contribution in [3.8, 4) is 5.75 Å². The zero-order chi connectivity index (χ0) is 10.7. The number of carbonyl (C=O) groups is 1. The van der Waals surface area contributed by atoms with E-state index in [1.165, 1.54) is 6.07 Å². The lowest BCUT2D eigenvalue weighted by Crippen LogP contribution is -2.05. The highest BCUT2D eigenvalue weighted by molar-refractivity contribution is 5.67. The van der Waals surface area contributed by atoms with Crippen LogP contribution in [0.15, 0.2) is 18.2 Å². The van der Waals surface area contributed by atoms with Crippen LogP contribution in [0, 0.1) is 6.92 Å². The number of rotatable bonds is 3. The molecule has 0 amide bonds. The molecule has 1 aromatic carbocycles. The average Bonchev–Trinajstić information content (AvgIpc) is 2.08. The zero-order valence-electron chi connectivity index (χ0n) is 7.77. The van der Waals surface area contributed by atoms with Gasteiger partial charge in [0.15, 0.2) is 0 Å². The number of carboxylic acids is 1. The number of aliphatic hydroxyl groups excluding tert-OH is 1. The summed E-state index contributed by atoms with van der Waals surface area (Å²) in [5.41, 5.74) is 1.10. The first kappa shape index (κ1) is 10.5. The molecule has 0 spiro atoms. The monoisotopic (exact) mass is 196 g/mol. The number of aliphatic carboxylic acids is 1. The highest BCUT2D eigenvalue weighted by atomic mass is 16.4. The van der Waals surface area contributed by atoms with Crippen LogP contribution in [0.5, 0.6) is 5.75 Å². The SMILES string of the molecule is Cc1ccc([C@@H](O)CC(=O)O)cc1O. The summed E-state index contributed by atoms with van der Waals surface area (Å²) in [6, 6.07) is 4.61. The maximum absolute atomic E-state index is 10.3. The molecular weight excluding hydrogens is 184 g/mol. The van der Waals surface area contributed by atoms with Crippen molar-refractivity contribution in [3.05, 3.63) is 29.3 Å². The number of aromatic hydroxyl groups is 1. The van der Waals surface area contributed by atoms with Crippen LogP contribution in [0.3, 0.4) is 0 Å². The Morgan fingerprint density at radius 3 is 2.64 bits per heavy atom. The third-order valence-electron chi connectivity index (χ3n) is 1.99. The van der Waals surface area contributed by atoms with Crippen LogP contribution in [-0.2, 0) is 4.79 Å². The van der Waals surface area contributed by atoms with Gasteiger partial charge in [-0.2, -0.15) is 0 Å². The van der Waals surface area contributed by atoms with Crippen molar-refractivity contribution in [1.29, 1.82) is 0 Å². The van der Waals surface area contributed by atoms with Crippen LogP contribution in [-0.4, -0.2) is 21.3 Å². The van der Waals surface area contributed by atoms with Crippen molar-refractivity contribution in [3.63, 3.8) is 0 Å². The third kappa shape index (κ3) is 2.47. The Morgan fingerprint density at radius 2 is 2.14 bits per heavy atom. The molecule has 0 aliphatic carbocycles. The zero-order valence-corrected chi connectivity index (χ0v) is 7.77. The highest BCUT2D eigenvalue weighted by Gasteiger charge is 2.12. The van der Waals surface area contributed by atoms with Crippen molar-refractivity contribution in [1.82, 2.24) is 0 Å². The van der Waals surface area contributed by atoms with E-state index in [0.717, 1.165) is 0 Å². The Hall–Kier alpha value is -1.55. The van der Waals surface area contributed by atoms with Gasteiger partial charge in [0.1, 0.15) is 5.75 Å². The Bertz CT molecular complexity index is 346. The first-order valence-corrected chi connectivity index (χ1v) is 4.20. The molecule has 0 aliphatic rings. The molecule has 0 unspecified atom stereocenters. The molecule has 0 aliphatic heterocycles. The molecule has 4 nitrogen and oxygen atoms in total. The topological polar surface area (TPSA) is 77.8 Å². The number of carboxylic acid groups (broad SMARTS) is 1. The Labute approximate surface area is 81.4 Å². The van der Waals surface area contributed by atoms with Crippen LogP contribution in [0.25, 0.3) is 0 Å². The van der Waals surface area contributed by atoms with Gasteiger partial charge in [-0.05, 0) is 24.1 Å². The van der Waals surface area contributed by atoms with Gasteiger partial charge in [-0.15, -0.1) is 0 Å². The Kier molecular flexibility index (Phi) is 3.09. The van der Waals surface area contributed by atoms with E-state index in [0.29, 0.717) is 11.1 Å². The first-order chi connectivity index (χ1) is 6.50. The molecule has 1 rings (SSSR count).